The second-order valence-electron chi connectivity index (χ2n) is 6.72. The van der Waals surface area contributed by atoms with Crippen LogP contribution in [0.15, 0.2) is 30.3 Å². The van der Waals surface area contributed by atoms with Crippen molar-refractivity contribution in [3.8, 4) is 0 Å². The zero-order chi connectivity index (χ0) is 17.5. The molecule has 1 aliphatic heterocycles. The first kappa shape index (κ1) is 21.3. The lowest BCUT2D eigenvalue weighted by atomic mass is 10.00. The first-order valence-electron chi connectivity index (χ1n) is 8.60. The van der Waals surface area contributed by atoms with Crippen LogP contribution in [0.4, 0.5) is 4.79 Å². The van der Waals surface area contributed by atoms with Crippen molar-refractivity contribution < 1.29 is 9.59 Å². The quantitative estimate of drug-likeness (QED) is 0.741. The Balaban J connectivity index is 0.00000312. The summed E-state index contributed by atoms with van der Waals surface area (Å²) < 4.78 is 0. The topological polar surface area (TPSA) is 87.5 Å². The molecule has 7 heteroatoms. The van der Waals surface area contributed by atoms with Gasteiger partial charge in [-0.3, -0.25) is 4.79 Å². The summed E-state index contributed by atoms with van der Waals surface area (Å²) in [6, 6.07) is 8.84. The van der Waals surface area contributed by atoms with Crippen LogP contribution in [0.5, 0.6) is 0 Å². The highest BCUT2D eigenvalue weighted by molar-refractivity contribution is 5.87. The van der Waals surface area contributed by atoms with Crippen molar-refractivity contribution >= 4 is 24.3 Å². The van der Waals surface area contributed by atoms with Gasteiger partial charge in [0, 0.05) is 25.7 Å². The zero-order valence-corrected chi connectivity index (χ0v) is 15.7. The molecule has 4 N–H and O–H groups in total. The third-order valence-electron chi connectivity index (χ3n) is 4.28. The van der Waals surface area contributed by atoms with E-state index in [-0.39, 0.29) is 36.3 Å². The molecule has 0 bridgehead atoms. The number of halogens is 1. The Bertz CT molecular complexity index is 553. The van der Waals surface area contributed by atoms with E-state index in [1.54, 1.807) is 4.90 Å². The highest BCUT2D eigenvalue weighted by Gasteiger charge is 2.30. The molecule has 0 aromatic heterocycles. The smallest absolute Gasteiger partial charge is 0.315 e. The summed E-state index contributed by atoms with van der Waals surface area (Å²) in [6.07, 6.45) is 1.86. The van der Waals surface area contributed by atoms with E-state index in [9.17, 15) is 9.59 Å². The Hall–Kier alpha value is -1.79. The summed E-state index contributed by atoms with van der Waals surface area (Å²) in [7, 11) is 0. The number of piperidine rings is 1. The van der Waals surface area contributed by atoms with Crippen molar-refractivity contribution in [2.75, 3.05) is 13.1 Å². The van der Waals surface area contributed by atoms with E-state index in [0.717, 1.165) is 18.4 Å². The second-order valence-corrected chi connectivity index (χ2v) is 6.72. The number of urea groups is 1. The fourth-order valence-corrected chi connectivity index (χ4v) is 2.89. The van der Waals surface area contributed by atoms with Gasteiger partial charge in [-0.1, -0.05) is 44.2 Å². The molecule has 25 heavy (non-hydrogen) atoms. The molecule has 140 valence electrons. The number of carbonyl (C=O) groups excluding carboxylic acids is 2. The number of hydrogen-bond donors (Lipinski definition) is 3. The predicted molar refractivity (Wildman–Crippen MR) is 101 cm³/mol. The Kier molecular flexibility index (Phi) is 8.72. The van der Waals surface area contributed by atoms with Crippen molar-refractivity contribution in [3.05, 3.63) is 35.9 Å². The lowest BCUT2D eigenvalue weighted by molar-refractivity contribution is -0.135. The number of amides is 3. The van der Waals surface area contributed by atoms with E-state index >= 15 is 0 Å². The van der Waals surface area contributed by atoms with E-state index in [0.29, 0.717) is 19.6 Å². The summed E-state index contributed by atoms with van der Waals surface area (Å²) in [5.74, 6) is -0.0341. The van der Waals surface area contributed by atoms with Gasteiger partial charge < -0.3 is 21.3 Å². The molecule has 6 nitrogen and oxygen atoms in total. The molecule has 0 saturated carbocycles. The molecule has 1 heterocycles. The van der Waals surface area contributed by atoms with Gasteiger partial charge in [0.2, 0.25) is 5.91 Å². The standard InChI is InChI=1S/C18H28N4O2.ClH/c1-13(2)16(17(23)22-10-6-9-15(19)12-22)21-18(24)20-11-14-7-4-3-5-8-14;/h3-5,7-8,13,15-16H,6,9-12,19H2,1-2H3,(H2,20,21,24);1H. The predicted octanol–water partition coefficient (Wildman–Crippen LogP) is 1.88. The fourth-order valence-electron chi connectivity index (χ4n) is 2.89. The van der Waals surface area contributed by atoms with Crippen LogP contribution < -0.4 is 16.4 Å². The lowest BCUT2D eigenvalue weighted by Gasteiger charge is -2.34. The van der Waals surface area contributed by atoms with Crippen LogP contribution in [0.2, 0.25) is 0 Å². The van der Waals surface area contributed by atoms with E-state index in [1.165, 1.54) is 0 Å². The third kappa shape index (κ3) is 6.55. The average Bonchev–Trinajstić information content (AvgIpc) is 2.58. The first-order valence-corrected chi connectivity index (χ1v) is 8.60. The summed E-state index contributed by atoms with van der Waals surface area (Å²) in [5.41, 5.74) is 6.97. The Morgan fingerprint density at radius 2 is 1.96 bits per heavy atom. The minimum absolute atomic E-state index is 0. The van der Waals surface area contributed by atoms with Gasteiger partial charge >= 0.3 is 6.03 Å². The van der Waals surface area contributed by atoms with Crippen molar-refractivity contribution in [1.82, 2.24) is 15.5 Å². The van der Waals surface area contributed by atoms with Crippen LogP contribution >= 0.6 is 12.4 Å². The second kappa shape index (κ2) is 10.3. The molecule has 0 spiro atoms. The molecular formula is C18H29ClN4O2. The number of likely N-dealkylation sites (tertiary alicyclic amines) is 1. The minimum Gasteiger partial charge on any atom is -0.339 e. The molecule has 1 aliphatic rings. The molecule has 2 unspecified atom stereocenters. The molecule has 0 aliphatic carbocycles. The molecule has 1 fully saturated rings. The monoisotopic (exact) mass is 368 g/mol. The summed E-state index contributed by atoms with van der Waals surface area (Å²) >= 11 is 0. The van der Waals surface area contributed by atoms with Crippen molar-refractivity contribution in [2.24, 2.45) is 11.7 Å². The minimum atomic E-state index is -0.536. The van der Waals surface area contributed by atoms with E-state index in [2.05, 4.69) is 10.6 Å². The van der Waals surface area contributed by atoms with Gasteiger partial charge in [-0.25, -0.2) is 4.79 Å². The first-order chi connectivity index (χ1) is 11.5. The fraction of sp³-hybridized carbons (Fsp3) is 0.556. The Morgan fingerprint density at radius 1 is 1.28 bits per heavy atom. The Morgan fingerprint density at radius 3 is 2.56 bits per heavy atom. The number of rotatable bonds is 5. The van der Waals surface area contributed by atoms with Crippen molar-refractivity contribution in [1.29, 1.82) is 0 Å². The highest BCUT2D eigenvalue weighted by Crippen LogP contribution is 2.13. The van der Waals surface area contributed by atoms with Gasteiger partial charge in [-0.05, 0) is 24.3 Å². The molecular weight excluding hydrogens is 340 g/mol. The van der Waals surface area contributed by atoms with Gasteiger partial charge in [0.05, 0.1) is 0 Å². The van der Waals surface area contributed by atoms with Crippen LogP contribution in [0.1, 0.15) is 32.3 Å². The summed E-state index contributed by atoms with van der Waals surface area (Å²) in [4.78, 5) is 26.7. The molecule has 2 rings (SSSR count). The van der Waals surface area contributed by atoms with E-state index in [1.807, 2.05) is 44.2 Å². The maximum atomic E-state index is 12.7. The largest absolute Gasteiger partial charge is 0.339 e. The van der Waals surface area contributed by atoms with Gasteiger partial charge in [0.25, 0.3) is 0 Å². The average molecular weight is 369 g/mol. The molecule has 3 amide bonds. The van der Waals surface area contributed by atoms with Gasteiger partial charge in [-0.15, -0.1) is 12.4 Å². The summed E-state index contributed by atoms with van der Waals surface area (Å²) in [6.45, 7) is 5.58. The molecule has 1 aromatic carbocycles. The van der Waals surface area contributed by atoms with Crippen LogP contribution in [0.3, 0.4) is 0 Å². The van der Waals surface area contributed by atoms with Crippen LogP contribution in [-0.2, 0) is 11.3 Å². The van der Waals surface area contributed by atoms with Crippen LogP contribution in [0.25, 0.3) is 0 Å². The highest BCUT2D eigenvalue weighted by atomic mass is 35.5. The normalized spacial score (nSPS) is 18.2. The number of nitrogens with one attached hydrogen (secondary N) is 2. The van der Waals surface area contributed by atoms with Gasteiger partial charge in [-0.2, -0.15) is 0 Å². The number of benzene rings is 1. The number of nitrogens with two attached hydrogens (primary N) is 1. The van der Waals surface area contributed by atoms with Crippen molar-refractivity contribution in [2.45, 2.75) is 45.3 Å². The Labute approximate surface area is 155 Å². The maximum Gasteiger partial charge on any atom is 0.315 e. The number of hydrogen-bond acceptors (Lipinski definition) is 3. The number of carbonyl (C=O) groups is 2. The van der Waals surface area contributed by atoms with Crippen molar-refractivity contribution in [3.63, 3.8) is 0 Å². The van der Waals surface area contributed by atoms with Crippen LogP contribution in [0, 0.1) is 5.92 Å². The third-order valence-corrected chi connectivity index (χ3v) is 4.28. The van der Waals surface area contributed by atoms with E-state index in [4.69, 9.17) is 5.73 Å². The molecule has 2 atom stereocenters. The SMILES string of the molecule is CC(C)C(NC(=O)NCc1ccccc1)C(=O)N1CCCC(N)C1.Cl. The van der Waals surface area contributed by atoms with Gasteiger partial charge in [0.1, 0.15) is 6.04 Å². The molecule has 0 radical (unpaired) electrons. The molecule has 1 saturated heterocycles. The van der Waals surface area contributed by atoms with E-state index < -0.39 is 6.04 Å². The number of nitrogens with zero attached hydrogens (tertiary/aromatic N) is 1. The summed E-state index contributed by atoms with van der Waals surface area (Å²) in [5, 5.41) is 5.62. The zero-order valence-electron chi connectivity index (χ0n) is 14.9. The van der Waals surface area contributed by atoms with Gasteiger partial charge in [0.15, 0.2) is 0 Å². The lowest BCUT2D eigenvalue weighted by Crippen LogP contribution is -2.56. The van der Waals surface area contributed by atoms with Crippen LogP contribution in [-0.4, -0.2) is 42.0 Å². The molecule has 1 aromatic rings. The maximum absolute atomic E-state index is 12.7.